The van der Waals surface area contributed by atoms with Crippen molar-refractivity contribution in [3.63, 3.8) is 0 Å². The molecule has 0 saturated heterocycles. The zero-order chi connectivity index (χ0) is 12.6. The summed E-state index contributed by atoms with van der Waals surface area (Å²) in [6.45, 7) is 0. The maximum atomic E-state index is 11.9. The van der Waals surface area contributed by atoms with Gasteiger partial charge < -0.3 is 15.3 Å². The molecule has 0 bridgehead atoms. The number of hydrogen-bond donors (Lipinski definition) is 2. The fraction of sp³-hybridized carbons (Fsp3) is 0.273. The van der Waals surface area contributed by atoms with Crippen molar-refractivity contribution in [2.75, 3.05) is 17.3 Å². The van der Waals surface area contributed by atoms with Crippen molar-refractivity contribution >= 4 is 34.9 Å². The third-order valence-corrected chi connectivity index (χ3v) is 2.89. The van der Waals surface area contributed by atoms with Crippen LogP contribution in [0.4, 0.5) is 11.4 Å². The molecule has 6 heteroatoms. The Morgan fingerprint density at radius 2 is 2.29 bits per heavy atom. The van der Waals surface area contributed by atoms with Crippen LogP contribution in [0.2, 0.25) is 5.02 Å². The zero-order valence-electron chi connectivity index (χ0n) is 9.11. The number of rotatable bonds is 2. The molecule has 0 spiro atoms. The molecule has 90 valence electrons. The molecule has 0 aliphatic carbocycles. The first-order chi connectivity index (χ1) is 7.99. The zero-order valence-corrected chi connectivity index (χ0v) is 9.86. The lowest BCUT2D eigenvalue weighted by Gasteiger charge is -2.32. The number of likely N-dealkylation sites (N-methyl/N-ethyl adjacent to an activating group) is 1. The second-order valence-electron chi connectivity index (χ2n) is 3.85. The number of amides is 1. The highest BCUT2D eigenvalue weighted by molar-refractivity contribution is 6.31. The Balaban J connectivity index is 2.36. The summed E-state index contributed by atoms with van der Waals surface area (Å²) in [5.74, 6) is -1.28. The number of carbonyl (C=O) groups is 2. The van der Waals surface area contributed by atoms with Crippen molar-refractivity contribution in [3.05, 3.63) is 23.2 Å². The first-order valence-electron chi connectivity index (χ1n) is 5.04. The molecular weight excluding hydrogens is 244 g/mol. The highest BCUT2D eigenvalue weighted by Crippen LogP contribution is 2.33. The van der Waals surface area contributed by atoms with Crippen molar-refractivity contribution in [1.82, 2.24) is 0 Å². The number of nitrogens with one attached hydrogen (secondary N) is 1. The van der Waals surface area contributed by atoms with Crippen LogP contribution in [-0.2, 0) is 9.59 Å². The summed E-state index contributed by atoms with van der Waals surface area (Å²) in [6, 6.07) is 4.33. The molecule has 1 aliphatic heterocycles. The number of anilines is 2. The van der Waals surface area contributed by atoms with E-state index in [4.69, 9.17) is 16.7 Å². The smallest absolute Gasteiger partial charge is 0.305 e. The number of nitrogens with zero attached hydrogens (tertiary/aromatic N) is 1. The Morgan fingerprint density at radius 1 is 1.59 bits per heavy atom. The fourth-order valence-corrected chi connectivity index (χ4v) is 2.00. The van der Waals surface area contributed by atoms with Crippen molar-refractivity contribution in [3.8, 4) is 0 Å². The summed E-state index contributed by atoms with van der Waals surface area (Å²) in [5.41, 5.74) is 1.37. The van der Waals surface area contributed by atoms with Gasteiger partial charge in [-0.3, -0.25) is 9.59 Å². The molecule has 1 unspecified atom stereocenters. The van der Waals surface area contributed by atoms with Gasteiger partial charge in [0.1, 0.15) is 6.04 Å². The van der Waals surface area contributed by atoms with Crippen LogP contribution < -0.4 is 10.2 Å². The number of halogens is 1. The minimum absolute atomic E-state index is 0.255. The van der Waals surface area contributed by atoms with E-state index < -0.39 is 12.0 Å². The van der Waals surface area contributed by atoms with Crippen molar-refractivity contribution in [1.29, 1.82) is 0 Å². The SMILES string of the molecule is CN1C(=O)C(CC(=O)O)Nc2cc(Cl)ccc21. The molecule has 0 aromatic heterocycles. The summed E-state index contributed by atoms with van der Waals surface area (Å²) < 4.78 is 0. The van der Waals surface area contributed by atoms with Crippen LogP contribution >= 0.6 is 11.6 Å². The molecule has 1 aromatic rings. The van der Waals surface area contributed by atoms with Gasteiger partial charge in [-0.2, -0.15) is 0 Å². The lowest BCUT2D eigenvalue weighted by atomic mass is 10.1. The van der Waals surface area contributed by atoms with E-state index in [0.717, 1.165) is 0 Å². The Morgan fingerprint density at radius 3 is 2.94 bits per heavy atom. The minimum atomic E-state index is -1.02. The van der Waals surface area contributed by atoms with Crippen LogP contribution in [0.3, 0.4) is 0 Å². The molecule has 1 atom stereocenters. The molecule has 0 radical (unpaired) electrons. The van der Waals surface area contributed by atoms with Gasteiger partial charge in [-0.1, -0.05) is 11.6 Å². The Kier molecular flexibility index (Phi) is 2.93. The van der Waals surface area contributed by atoms with E-state index >= 15 is 0 Å². The maximum Gasteiger partial charge on any atom is 0.305 e. The molecule has 5 nitrogen and oxygen atoms in total. The summed E-state index contributed by atoms with van der Waals surface area (Å²) >= 11 is 5.85. The highest BCUT2D eigenvalue weighted by atomic mass is 35.5. The van der Waals surface area contributed by atoms with Crippen molar-refractivity contribution in [2.45, 2.75) is 12.5 Å². The van der Waals surface area contributed by atoms with Gasteiger partial charge >= 0.3 is 5.97 Å². The fourth-order valence-electron chi connectivity index (χ4n) is 1.83. The quantitative estimate of drug-likeness (QED) is 0.841. The standard InChI is InChI=1S/C11H11ClN2O3/c1-14-9-3-2-6(12)4-7(9)13-8(11(14)17)5-10(15)16/h2-4,8,13H,5H2,1H3,(H,15,16). The summed E-state index contributed by atoms with van der Waals surface area (Å²) in [7, 11) is 1.62. The molecule has 0 saturated carbocycles. The number of benzene rings is 1. The van der Waals surface area contributed by atoms with Crippen molar-refractivity contribution < 1.29 is 14.7 Å². The van der Waals surface area contributed by atoms with E-state index in [-0.39, 0.29) is 12.3 Å². The first kappa shape index (κ1) is 11.7. The molecule has 0 fully saturated rings. The molecule has 1 aromatic carbocycles. The second kappa shape index (κ2) is 4.25. The van der Waals surface area contributed by atoms with Crippen LogP contribution in [-0.4, -0.2) is 30.1 Å². The average Bonchev–Trinajstić information content (AvgIpc) is 2.24. The van der Waals surface area contributed by atoms with Gasteiger partial charge in [-0.05, 0) is 18.2 Å². The van der Waals surface area contributed by atoms with Gasteiger partial charge in [0, 0.05) is 12.1 Å². The topological polar surface area (TPSA) is 69.6 Å². The molecule has 1 heterocycles. The minimum Gasteiger partial charge on any atom is -0.481 e. The molecule has 2 rings (SSSR count). The van der Waals surface area contributed by atoms with Crippen molar-refractivity contribution in [2.24, 2.45) is 0 Å². The lowest BCUT2D eigenvalue weighted by molar-refractivity contribution is -0.138. The highest BCUT2D eigenvalue weighted by Gasteiger charge is 2.31. The maximum absolute atomic E-state index is 11.9. The largest absolute Gasteiger partial charge is 0.481 e. The number of carbonyl (C=O) groups excluding carboxylic acids is 1. The number of fused-ring (bicyclic) bond motifs is 1. The molecule has 2 N–H and O–H groups in total. The van der Waals surface area contributed by atoms with E-state index in [1.807, 2.05) is 0 Å². The first-order valence-corrected chi connectivity index (χ1v) is 5.42. The van der Waals surface area contributed by atoms with Crippen LogP contribution in [0.5, 0.6) is 0 Å². The Hall–Kier alpha value is -1.75. The normalized spacial score (nSPS) is 18.6. The number of carboxylic acid groups (broad SMARTS) is 1. The van der Waals surface area contributed by atoms with E-state index in [0.29, 0.717) is 16.4 Å². The molecular formula is C11H11ClN2O3. The van der Waals surface area contributed by atoms with E-state index in [1.54, 1.807) is 25.2 Å². The van der Waals surface area contributed by atoms with Gasteiger partial charge in [0.2, 0.25) is 5.91 Å². The molecule has 1 amide bonds. The molecule has 1 aliphatic rings. The van der Waals surface area contributed by atoms with E-state index in [9.17, 15) is 9.59 Å². The van der Waals surface area contributed by atoms with E-state index in [2.05, 4.69) is 5.32 Å². The van der Waals surface area contributed by atoms with Crippen LogP contribution in [0, 0.1) is 0 Å². The van der Waals surface area contributed by atoms with Crippen LogP contribution in [0.15, 0.2) is 18.2 Å². The van der Waals surface area contributed by atoms with Crippen LogP contribution in [0.25, 0.3) is 0 Å². The summed E-state index contributed by atoms with van der Waals surface area (Å²) in [5, 5.41) is 12.2. The summed E-state index contributed by atoms with van der Waals surface area (Å²) in [4.78, 5) is 24.0. The predicted molar refractivity (Wildman–Crippen MR) is 64.5 cm³/mol. The third kappa shape index (κ3) is 2.19. The molecule has 17 heavy (non-hydrogen) atoms. The monoisotopic (exact) mass is 254 g/mol. The van der Waals surface area contributed by atoms with Gasteiger partial charge in [-0.25, -0.2) is 0 Å². The Labute approximate surface area is 103 Å². The second-order valence-corrected chi connectivity index (χ2v) is 4.29. The third-order valence-electron chi connectivity index (χ3n) is 2.66. The predicted octanol–water partition coefficient (Wildman–Crippen LogP) is 1.57. The van der Waals surface area contributed by atoms with Gasteiger partial charge in [0.15, 0.2) is 0 Å². The number of carboxylic acids is 1. The summed E-state index contributed by atoms with van der Waals surface area (Å²) in [6.07, 6.45) is -0.255. The Bertz CT molecular complexity index is 490. The van der Waals surface area contributed by atoms with Gasteiger partial charge in [0.05, 0.1) is 17.8 Å². The average molecular weight is 255 g/mol. The van der Waals surface area contributed by atoms with Gasteiger partial charge in [0.25, 0.3) is 0 Å². The van der Waals surface area contributed by atoms with Gasteiger partial charge in [-0.15, -0.1) is 0 Å². The lowest BCUT2D eigenvalue weighted by Crippen LogP contribution is -2.46. The number of hydrogen-bond acceptors (Lipinski definition) is 3. The van der Waals surface area contributed by atoms with Crippen LogP contribution in [0.1, 0.15) is 6.42 Å². The van der Waals surface area contributed by atoms with E-state index in [1.165, 1.54) is 4.90 Å². The number of aliphatic carboxylic acids is 1.